The summed E-state index contributed by atoms with van der Waals surface area (Å²) in [6, 6.07) is 0. The average molecular weight is 578 g/mol. The van der Waals surface area contributed by atoms with Gasteiger partial charge in [0, 0.05) is 0 Å². The monoisotopic (exact) mass is 578 g/mol. The molecule has 35 heavy (non-hydrogen) atoms. The maximum absolute atomic E-state index is 13.5. The molecule has 0 aromatic rings. The van der Waals surface area contributed by atoms with Crippen molar-refractivity contribution in [2.45, 2.75) is 48.4 Å². The fourth-order valence-electron chi connectivity index (χ4n) is 1.49. The predicted octanol–water partition coefficient (Wildman–Crippen LogP) is 8.16. The lowest BCUT2D eigenvalue weighted by molar-refractivity contribution is -0.359. The van der Waals surface area contributed by atoms with E-state index in [1.54, 1.807) is 0 Å². The van der Waals surface area contributed by atoms with Gasteiger partial charge in [0.25, 0.3) is 0 Å². The third-order valence-electron chi connectivity index (χ3n) is 3.17. The summed E-state index contributed by atoms with van der Waals surface area (Å²) >= 11 is 0. The SMILES string of the molecule is FC(=C(OC(=C(F)C(F)(F)F)C(F)(F)C(F)(F)C(F)(F)F)C(F)(F)C(F)(F)C(F)(F)F)C(F)(F)F. The van der Waals surface area contributed by atoms with Crippen LogP contribution in [0.25, 0.3) is 0 Å². The second kappa shape index (κ2) is 8.69. The number of hydrogen-bond donors (Lipinski definition) is 0. The van der Waals surface area contributed by atoms with Crippen LogP contribution >= 0.6 is 0 Å². The second-order valence-corrected chi connectivity index (χ2v) is 5.68. The highest BCUT2D eigenvalue weighted by Crippen LogP contribution is 2.56. The first-order chi connectivity index (χ1) is 14.8. The Morgan fingerprint density at radius 2 is 0.571 bits per heavy atom. The third kappa shape index (κ3) is 5.77. The van der Waals surface area contributed by atoms with Gasteiger partial charge in [-0.15, -0.1) is 0 Å². The quantitative estimate of drug-likeness (QED) is 0.229. The van der Waals surface area contributed by atoms with Gasteiger partial charge in [-0.1, -0.05) is 0 Å². The Morgan fingerprint density at radius 1 is 0.371 bits per heavy atom. The number of halogens is 22. The summed E-state index contributed by atoms with van der Waals surface area (Å²) in [6.45, 7) is 0. The number of alkyl halides is 20. The van der Waals surface area contributed by atoms with Gasteiger partial charge < -0.3 is 4.74 Å². The van der Waals surface area contributed by atoms with Crippen LogP contribution in [0.5, 0.6) is 0 Å². The normalized spacial score (nSPS) is 17.2. The summed E-state index contributed by atoms with van der Waals surface area (Å²) in [5.74, 6) is -53.9. The molecule has 0 N–H and O–H groups in total. The van der Waals surface area contributed by atoms with Gasteiger partial charge in [-0.25, -0.2) is 0 Å². The molecule has 0 saturated carbocycles. The van der Waals surface area contributed by atoms with Crippen LogP contribution in [0.4, 0.5) is 96.6 Å². The van der Waals surface area contributed by atoms with Gasteiger partial charge >= 0.3 is 48.4 Å². The minimum Gasteiger partial charge on any atom is -0.447 e. The van der Waals surface area contributed by atoms with Gasteiger partial charge in [-0.05, 0) is 0 Å². The van der Waals surface area contributed by atoms with Crippen molar-refractivity contribution in [2.75, 3.05) is 0 Å². The standard InChI is InChI=1S/C12F22O/c13-1(7(19,20)21)3(5(15,16)9(25,26)11(29,30)31)35-4(2(14)8(22,23)24)6(17,18)10(27,28)12(32,33)34. The molecular formula is C12F22O. The highest BCUT2D eigenvalue weighted by molar-refractivity contribution is 5.27. The Balaban J connectivity index is 7.69. The van der Waals surface area contributed by atoms with Crippen LogP contribution in [0.15, 0.2) is 23.2 Å². The maximum Gasteiger partial charge on any atom is 0.460 e. The minimum absolute atomic E-state index is 1.83. The topological polar surface area (TPSA) is 9.23 Å². The second-order valence-electron chi connectivity index (χ2n) is 5.68. The molecule has 1 nitrogen and oxygen atoms in total. The van der Waals surface area contributed by atoms with Gasteiger partial charge in [-0.3, -0.25) is 0 Å². The fourth-order valence-corrected chi connectivity index (χ4v) is 1.49. The molecule has 23 heteroatoms. The van der Waals surface area contributed by atoms with Crippen LogP contribution in [0.1, 0.15) is 0 Å². The lowest BCUT2D eigenvalue weighted by Gasteiger charge is -2.33. The van der Waals surface area contributed by atoms with E-state index in [-0.39, 0.29) is 0 Å². The fraction of sp³-hybridized carbons (Fsp3) is 0.667. The molecule has 0 rings (SSSR count). The Hall–Kier alpha value is -2.26. The Labute approximate surface area is 174 Å². The summed E-state index contributed by atoms with van der Waals surface area (Å²) in [6.07, 6.45) is -30.5. The molecule has 0 heterocycles. The van der Waals surface area contributed by atoms with E-state index in [0.29, 0.717) is 0 Å². The molecule has 0 saturated heterocycles. The van der Waals surface area contributed by atoms with Crippen LogP contribution in [-0.2, 0) is 4.74 Å². The number of ether oxygens (including phenoxy) is 1. The molecule has 0 fully saturated rings. The van der Waals surface area contributed by atoms with E-state index in [1.807, 2.05) is 4.74 Å². The maximum atomic E-state index is 13.5. The molecule has 0 spiro atoms. The Morgan fingerprint density at radius 3 is 0.714 bits per heavy atom. The molecule has 0 bridgehead atoms. The number of hydrogen-bond acceptors (Lipinski definition) is 1. The molecular weight excluding hydrogens is 578 g/mol. The van der Waals surface area contributed by atoms with Crippen molar-refractivity contribution in [3.05, 3.63) is 23.2 Å². The molecule has 0 amide bonds. The van der Waals surface area contributed by atoms with Gasteiger partial charge in [-0.2, -0.15) is 96.6 Å². The first kappa shape index (κ1) is 32.7. The van der Waals surface area contributed by atoms with Crippen molar-refractivity contribution in [3.8, 4) is 0 Å². The molecule has 0 atom stereocenters. The lowest BCUT2D eigenvalue weighted by Crippen LogP contribution is -2.56. The van der Waals surface area contributed by atoms with E-state index in [1.165, 1.54) is 0 Å². The van der Waals surface area contributed by atoms with Gasteiger partial charge in [0.05, 0.1) is 0 Å². The molecule has 0 aromatic carbocycles. The van der Waals surface area contributed by atoms with Crippen molar-refractivity contribution in [2.24, 2.45) is 0 Å². The van der Waals surface area contributed by atoms with Crippen LogP contribution in [0.2, 0.25) is 0 Å². The molecule has 0 unspecified atom stereocenters. The predicted molar refractivity (Wildman–Crippen MR) is 61.4 cm³/mol. The van der Waals surface area contributed by atoms with Crippen LogP contribution in [-0.4, -0.2) is 48.4 Å². The van der Waals surface area contributed by atoms with Crippen LogP contribution in [0, 0.1) is 0 Å². The number of allylic oxidation sites excluding steroid dienone is 4. The van der Waals surface area contributed by atoms with E-state index >= 15 is 0 Å². The van der Waals surface area contributed by atoms with Crippen LogP contribution in [0.3, 0.4) is 0 Å². The van der Waals surface area contributed by atoms with E-state index in [0.717, 1.165) is 0 Å². The van der Waals surface area contributed by atoms with Crippen molar-refractivity contribution in [3.63, 3.8) is 0 Å². The molecule has 208 valence electrons. The summed E-state index contributed by atoms with van der Waals surface area (Å²) in [4.78, 5) is 0. The summed E-state index contributed by atoms with van der Waals surface area (Å²) in [5, 5.41) is 0. The highest BCUT2D eigenvalue weighted by Gasteiger charge is 2.79. The Bertz CT molecular complexity index is 772. The lowest BCUT2D eigenvalue weighted by atomic mass is 10.1. The van der Waals surface area contributed by atoms with E-state index < -0.39 is 71.6 Å². The smallest absolute Gasteiger partial charge is 0.447 e. The van der Waals surface area contributed by atoms with Gasteiger partial charge in [0.1, 0.15) is 0 Å². The average Bonchev–Trinajstić information content (AvgIpc) is 2.57. The van der Waals surface area contributed by atoms with E-state index in [4.69, 9.17) is 0 Å². The molecule has 0 aromatic heterocycles. The summed E-state index contributed by atoms with van der Waals surface area (Å²) in [5.41, 5.74) is 0. The Kier molecular flexibility index (Phi) is 8.13. The van der Waals surface area contributed by atoms with Crippen molar-refractivity contribution in [1.29, 1.82) is 0 Å². The van der Waals surface area contributed by atoms with Crippen molar-refractivity contribution >= 4 is 0 Å². The first-order valence-corrected chi connectivity index (χ1v) is 7.07. The van der Waals surface area contributed by atoms with Crippen molar-refractivity contribution < 1.29 is 101 Å². The van der Waals surface area contributed by atoms with E-state index in [9.17, 15) is 96.6 Å². The summed E-state index contributed by atoms with van der Waals surface area (Å²) in [7, 11) is 0. The zero-order valence-corrected chi connectivity index (χ0v) is 14.7. The zero-order chi connectivity index (χ0) is 29.0. The zero-order valence-electron chi connectivity index (χ0n) is 14.7. The summed E-state index contributed by atoms with van der Waals surface area (Å²) < 4.78 is 281. The van der Waals surface area contributed by atoms with E-state index in [2.05, 4.69) is 0 Å². The van der Waals surface area contributed by atoms with Gasteiger partial charge in [0.15, 0.2) is 0 Å². The molecule has 0 aliphatic rings. The highest BCUT2D eigenvalue weighted by atomic mass is 19.4. The third-order valence-corrected chi connectivity index (χ3v) is 3.17. The minimum atomic E-state index is -8.14. The molecule has 0 radical (unpaired) electrons. The van der Waals surface area contributed by atoms with Crippen molar-refractivity contribution in [1.82, 2.24) is 0 Å². The largest absolute Gasteiger partial charge is 0.460 e. The first-order valence-electron chi connectivity index (χ1n) is 7.07. The molecule has 0 aliphatic heterocycles. The van der Waals surface area contributed by atoms with Gasteiger partial charge in [0.2, 0.25) is 23.2 Å². The van der Waals surface area contributed by atoms with Crippen LogP contribution < -0.4 is 0 Å². The molecule has 0 aliphatic carbocycles. The number of rotatable bonds is 6.